The van der Waals surface area contributed by atoms with Gasteiger partial charge in [0.1, 0.15) is 0 Å². The van der Waals surface area contributed by atoms with Crippen LogP contribution in [0.25, 0.3) is 10.8 Å². The van der Waals surface area contributed by atoms with Crippen molar-refractivity contribution < 1.29 is 51.0 Å². The molecule has 0 aliphatic rings. The SMILES string of the molecule is CCCc1cc2c(C(C)C)ccc(C(C)C)c2[cH-]1.[Cl-].[Cl-].[Zr+3]. The van der Waals surface area contributed by atoms with E-state index < -0.39 is 0 Å². The average Bonchev–Trinajstić information content (AvgIpc) is 2.70. The summed E-state index contributed by atoms with van der Waals surface area (Å²) in [6, 6.07) is 9.50. The summed E-state index contributed by atoms with van der Waals surface area (Å²) in [6.45, 7) is 11.4. The van der Waals surface area contributed by atoms with Crippen molar-refractivity contribution in [2.24, 2.45) is 0 Å². The van der Waals surface area contributed by atoms with E-state index in [1.807, 2.05) is 0 Å². The molecule has 115 valence electrons. The van der Waals surface area contributed by atoms with Crippen molar-refractivity contribution in [2.75, 3.05) is 0 Å². The molecule has 0 bridgehead atoms. The Labute approximate surface area is 161 Å². The van der Waals surface area contributed by atoms with E-state index in [1.54, 1.807) is 0 Å². The fourth-order valence-corrected chi connectivity index (χ4v) is 2.84. The van der Waals surface area contributed by atoms with Crippen molar-refractivity contribution >= 4 is 10.8 Å². The van der Waals surface area contributed by atoms with Gasteiger partial charge in [0, 0.05) is 0 Å². The molecule has 0 N–H and O–H groups in total. The molecule has 0 saturated heterocycles. The molecule has 0 unspecified atom stereocenters. The molecule has 0 nitrogen and oxygen atoms in total. The van der Waals surface area contributed by atoms with Crippen LogP contribution in [0.2, 0.25) is 0 Å². The summed E-state index contributed by atoms with van der Waals surface area (Å²) < 4.78 is 0. The molecule has 1 radical (unpaired) electrons. The first-order valence-corrected chi connectivity index (χ1v) is 7.26. The topological polar surface area (TPSA) is 0 Å². The predicted octanol–water partition coefficient (Wildman–Crippen LogP) is -0.236. The molecule has 0 aromatic heterocycles. The largest absolute Gasteiger partial charge is 3.00 e. The van der Waals surface area contributed by atoms with E-state index in [-0.39, 0.29) is 51.0 Å². The molecule has 0 atom stereocenters. The van der Waals surface area contributed by atoms with E-state index in [2.05, 4.69) is 58.9 Å². The van der Waals surface area contributed by atoms with Gasteiger partial charge in [0.25, 0.3) is 0 Å². The number of fused-ring (bicyclic) bond motifs is 1. The van der Waals surface area contributed by atoms with Crippen molar-refractivity contribution in [3.8, 4) is 0 Å². The average molecular weight is 404 g/mol. The molecule has 0 saturated carbocycles. The molecule has 21 heavy (non-hydrogen) atoms. The van der Waals surface area contributed by atoms with Crippen LogP contribution < -0.4 is 24.8 Å². The summed E-state index contributed by atoms with van der Waals surface area (Å²) in [7, 11) is 0. The van der Waals surface area contributed by atoms with Gasteiger partial charge >= 0.3 is 26.2 Å². The zero-order valence-corrected chi connectivity index (χ0v) is 17.6. The maximum atomic E-state index is 2.42. The van der Waals surface area contributed by atoms with Gasteiger partial charge in [-0.2, -0.15) is 6.07 Å². The Balaban J connectivity index is 0. The van der Waals surface area contributed by atoms with Crippen molar-refractivity contribution in [3.63, 3.8) is 0 Å². The molecule has 0 aliphatic carbocycles. The Bertz CT molecular complexity index is 496. The number of benzene rings is 1. The quantitative estimate of drug-likeness (QED) is 0.619. The van der Waals surface area contributed by atoms with Crippen LogP contribution in [0.1, 0.15) is 69.6 Å². The second-order valence-electron chi connectivity index (χ2n) is 5.99. The fourth-order valence-electron chi connectivity index (χ4n) is 2.84. The molecule has 0 spiro atoms. The first kappa shape index (κ1) is 23.6. The number of halogens is 2. The molecule has 0 heterocycles. The Morgan fingerprint density at radius 2 is 1.48 bits per heavy atom. The van der Waals surface area contributed by atoms with E-state index in [0.717, 1.165) is 0 Å². The monoisotopic (exact) mass is 401 g/mol. The van der Waals surface area contributed by atoms with Crippen LogP contribution in [-0.4, -0.2) is 0 Å². The summed E-state index contributed by atoms with van der Waals surface area (Å²) in [5.74, 6) is 1.20. The van der Waals surface area contributed by atoms with Gasteiger partial charge in [0.15, 0.2) is 0 Å². The van der Waals surface area contributed by atoms with E-state index >= 15 is 0 Å². The first-order chi connectivity index (χ1) is 8.54. The third-order valence-electron chi connectivity index (χ3n) is 3.80. The van der Waals surface area contributed by atoms with Crippen LogP contribution in [0.5, 0.6) is 0 Å². The predicted molar refractivity (Wildman–Crippen MR) is 81.7 cm³/mol. The zero-order chi connectivity index (χ0) is 13.3. The molecule has 2 aromatic carbocycles. The van der Waals surface area contributed by atoms with Crippen LogP contribution in [0, 0.1) is 0 Å². The van der Waals surface area contributed by atoms with Crippen LogP contribution >= 0.6 is 0 Å². The van der Waals surface area contributed by atoms with Crippen LogP contribution in [0.15, 0.2) is 24.3 Å². The summed E-state index contributed by atoms with van der Waals surface area (Å²) in [6.07, 6.45) is 2.42. The minimum Gasteiger partial charge on any atom is -1.00 e. The van der Waals surface area contributed by atoms with Gasteiger partial charge in [-0.25, -0.2) is 0 Å². The molecule has 3 heteroatoms. The van der Waals surface area contributed by atoms with Gasteiger partial charge in [-0.15, -0.1) is 34.0 Å². The Morgan fingerprint density at radius 1 is 0.952 bits per heavy atom. The molecule has 0 fully saturated rings. The summed E-state index contributed by atoms with van der Waals surface area (Å²) >= 11 is 0. The summed E-state index contributed by atoms with van der Waals surface area (Å²) in [5, 5.41) is 2.97. The number of rotatable bonds is 4. The van der Waals surface area contributed by atoms with Gasteiger partial charge in [-0.1, -0.05) is 58.6 Å². The molecule has 0 amide bonds. The molecule has 2 aromatic rings. The van der Waals surface area contributed by atoms with Gasteiger partial charge in [0.2, 0.25) is 0 Å². The van der Waals surface area contributed by atoms with Gasteiger partial charge in [-0.05, 0) is 12.3 Å². The maximum Gasteiger partial charge on any atom is 3.00 e. The molecule has 2 rings (SSSR count). The standard InChI is InChI=1S/C18H25.2ClH.Zr/c1-6-7-14-10-17-15(12(2)3)8-9-16(13(4)5)18(17)11-14;;;/h8-13H,6-7H2,1-5H3;2*1H;/q-1;;;+3/p-2. The van der Waals surface area contributed by atoms with Gasteiger partial charge in [0.05, 0.1) is 0 Å². The van der Waals surface area contributed by atoms with Crippen molar-refractivity contribution in [2.45, 2.75) is 59.3 Å². The van der Waals surface area contributed by atoms with Gasteiger partial charge < -0.3 is 24.8 Å². The second-order valence-corrected chi connectivity index (χ2v) is 5.99. The number of aryl methyl sites for hydroxylation is 1. The van der Waals surface area contributed by atoms with Crippen LogP contribution in [0.4, 0.5) is 0 Å². The Hall–Kier alpha value is 0.293. The van der Waals surface area contributed by atoms with Crippen molar-refractivity contribution in [1.29, 1.82) is 0 Å². The molecular formula is C18H25Cl2Zr. The third-order valence-corrected chi connectivity index (χ3v) is 3.80. The number of hydrogen-bond acceptors (Lipinski definition) is 0. The summed E-state index contributed by atoms with van der Waals surface area (Å²) in [5.41, 5.74) is 4.50. The number of hydrogen-bond donors (Lipinski definition) is 0. The Kier molecular flexibility index (Phi) is 11.4. The minimum absolute atomic E-state index is 0. The smallest absolute Gasteiger partial charge is 1.00 e. The van der Waals surface area contributed by atoms with Crippen LogP contribution in [-0.2, 0) is 32.6 Å². The van der Waals surface area contributed by atoms with E-state index in [9.17, 15) is 0 Å². The van der Waals surface area contributed by atoms with E-state index in [0.29, 0.717) is 11.8 Å². The minimum atomic E-state index is 0. The third kappa shape index (κ3) is 5.16. The normalized spacial score (nSPS) is 10.2. The van der Waals surface area contributed by atoms with Gasteiger partial charge in [-0.3, -0.25) is 0 Å². The van der Waals surface area contributed by atoms with E-state index in [1.165, 1.54) is 40.3 Å². The van der Waals surface area contributed by atoms with E-state index in [4.69, 9.17) is 0 Å². The molecule has 0 aliphatic heterocycles. The van der Waals surface area contributed by atoms with Crippen molar-refractivity contribution in [3.05, 3.63) is 41.0 Å². The first-order valence-electron chi connectivity index (χ1n) is 7.26. The molecular weight excluding hydrogens is 378 g/mol. The maximum absolute atomic E-state index is 2.42. The summed E-state index contributed by atoms with van der Waals surface area (Å²) in [4.78, 5) is 0. The fraction of sp³-hybridized carbons (Fsp3) is 0.500. The van der Waals surface area contributed by atoms with Crippen molar-refractivity contribution in [1.82, 2.24) is 0 Å². The van der Waals surface area contributed by atoms with Crippen LogP contribution in [0.3, 0.4) is 0 Å². The second kappa shape index (κ2) is 10.1. The Morgan fingerprint density at radius 3 is 1.95 bits per heavy atom. The zero-order valence-electron chi connectivity index (χ0n) is 13.6.